The first kappa shape index (κ1) is 22.0. The lowest BCUT2D eigenvalue weighted by Crippen LogP contribution is -2.24. The lowest BCUT2D eigenvalue weighted by Gasteiger charge is -2.05. The minimum absolute atomic E-state index is 0.0376. The highest BCUT2D eigenvalue weighted by molar-refractivity contribution is 5.82. The molecule has 0 unspecified atom stereocenters. The first-order valence-corrected chi connectivity index (χ1v) is 9.00. The van der Waals surface area contributed by atoms with Crippen LogP contribution in [0, 0.1) is 20.2 Å². The van der Waals surface area contributed by atoms with Crippen molar-refractivity contribution >= 4 is 23.5 Å². The van der Waals surface area contributed by atoms with Gasteiger partial charge >= 0.3 is 5.69 Å². The number of non-ortho nitro benzene ring substituents is 1. The van der Waals surface area contributed by atoms with Gasteiger partial charge in [-0.2, -0.15) is 5.10 Å². The number of hydrazone groups is 1. The number of methoxy groups -OCH3 is 1. The molecular weight excluding hydrogens is 424 g/mol. The number of hydrogen-bond donors (Lipinski definition) is 1. The van der Waals surface area contributed by atoms with Crippen LogP contribution in [-0.4, -0.2) is 35.7 Å². The molecule has 1 heterocycles. The molecule has 0 saturated heterocycles. The average molecular weight is 440 g/mol. The second kappa shape index (κ2) is 9.84. The lowest BCUT2D eigenvalue weighted by molar-refractivity contribution is -0.385. The fourth-order valence-electron chi connectivity index (χ4n) is 2.64. The highest BCUT2D eigenvalue weighted by Gasteiger charge is 2.16. The van der Waals surface area contributed by atoms with Crippen molar-refractivity contribution in [3.63, 3.8) is 0 Å². The van der Waals surface area contributed by atoms with Gasteiger partial charge < -0.3 is 13.9 Å². The topological polar surface area (TPSA) is 159 Å². The normalized spacial score (nSPS) is 10.7. The summed E-state index contributed by atoms with van der Waals surface area (Å²) in [6.45, 7) is -0.481. The van der Waals surface area contributed by atoms with Crippen molar-refractivity contribution < 1.29 is 28.5 Å². The van der Waals surface area contributed by atoms with Crippen LogP contribution in [0.4, 0.5) is 11.4 Å². The van der Waals surface area contributed by atoms with Crippen LogP contribution in [0.15, 0.2) is 64.1 Å². The van der Waals surface area contributed by atoms with E-state index >= 15 is 0 Å². The molecule has 32 heavy (non-hydrogen) atoms. The number of nitrogens with zero attached hydrogens (tertiary/aromatic N) is 3. The van der Waals surface area contributed by atoms with Gasteiger partial charge in [-0.05, 0) is 24.3 Å². The molecule has 12 heteroatoms. The van der Waals surface area contributed by atoms with Crippen molar-refractivity contribution in [2.75, 3.05) is 13.7 Å². The van der Waals surface area contributed by atoms with Crippen LogP contribution in [0.3, 0.4) is 0 Å². The summed E-state index contributed by atoms with van der Waals surface area (Å²) in [7, 11) is 1.38. The van der Waals surface area contributed by atoms with Gasteiger partial charge in [0.1, 0.15) is 17.3 Å². The lowest BCUT2D eigenvalue weighted by atomic mass is 10.1. The van der Waals surface area contributed by atoms with Gasteiger partial charge in [0, 0.05) is 12.1 Å². The average Bonchev–Trinajstić information content (AvgIpc) is 3.26. The summed E-state index contributed by atoms with van der Waals surface area (Å²) in [5.41, 5.74) is 2.34. The van der Waals surface area contributed by atoms with E-state index in [9.17, 15) is 25.0 Å². The molecule has 1 aromatic heterocycles. The number of ether oxygens (including phenoxy) is 2. The summed E-state index contributed by atoms with van der Waals surface area (Å²) < 4.78 is 16.0. The predicted molar refractivity (Wildman–Crippen MR) is 112 cm³/mol. The van der Waals surface area contributed by atoms with Gasteiger partial charge in [-0.1, -0.05) is 12.1 Å². The van der Waals surface area contributed by atoms with E-state index in [1.807, 2.05) is 0 Å². The Bertz CT molecular complexity index is 1190. The molecule has 2 aromatic carbocycles. The van der Waals surface area contributed by atoms with Crippen LogP contribution < -0.4 is 14.9 Å². The van der Waals surface area contributed by atoms with Gasteiger partial charge in [-0.3, -0.25) is 25.0 Å². The van der Waals surface area contributed by atoms with Crippen molar-refractivity contribution in [2.45, 2.75) is 0 Å². The molecule has 164 valence electrons. The van der Waals surface area contributed by atoms with Gasteiger partial charge in [-0.15, -0.1) is 0 Å². The number of nitro benzene ring substituents is 2. The second-order valence-electron chi connectivity index (χ2n) is 6.15. The van der Waals surface area contributed by atoms with Crippen LogP contribution >= 0.6 is 0 Å². The van der Waals surface area contributed by atoms with Crippen LogP contribution in [0.5, 0.6) is 11.5 Å². The summed E-state index contributed by atoms with van der Waals surface area (Å²) in [4.78, 5) is 32.6. The number of hydrogen-bond acceptors (Lipinski definition) is 9. The molecule has 3 rings (SSSR count). The van der Waals surface area contributed by atoms with E-state index in [0.717, 1.165) is 0 Å². The number of benzene rings is 2. The van der Waals surface area contributed by atoms with Crippen molar-refractivity contribution in [2.24, 2.45) is 5.10 Å². The maximum Gasteiger partial charge on any atom is 0.310 e. The van der Waals surface area contributed by atoms with Crippen LogP contribution in [-0.2, 0) is 4.79 Å². The largest absolute Gasteiger partial charge is 0.496 e. The molecule has 0 aliphatic rings. The smallest absolute Gasteiger partial charge is 0.310 e. The maximum absolute atomic E-state index is 11.9. The Hall–Kier alpha value is -4.74. The quantitative estimate of drug-likeness (QED) is 0.301. The zero-order chi connectivity index (χ0) is 23.1. The highest BCUT2D eigenvalue weighted by atomic mass is 16.6. The molecule has 1 amide bonds. The van der Waals surface area contributed by atoms with Crippen molar-refractivity contribution in [1.82, 2.24) is 5.43 Å². The van der Waals surface area contributed by atoms with Crippen LogP contribution in [0.2, 0.25) is 0 Å². The summed E-state index contributed by atoms with van der Waals surface area (Å²) >= 11 is 0. The number of rotatable bonds is 9. The number of amides is 1. The number of furan rings is 1. The monoisotopic (exact) mass is 440 g/mol. The number of para-hydroxylation sites is 2. The number of nitrogens with one attached hydrogen (secondary N) is 1. The first-order chi connectivity index (χ1) is 15.4. The van der Waals surface area contributed by atoms with E-state index in [0.29, 0.717) is 17.1 Å². The molecule has 0 fully saturated rings. The third-order valence-corrected chi connectivity index (χ3v) is 4.09. The third-order valence-electron chi connectivity index (χ3n) is 4.09. The molecule has 12 nitrogen and oxygen atoms in total. The third kappa shape index (κ3) is 5.24. The van der Waals surface area contributed by atoms with Crippen LogP contribution in [0.1, 0.15) is 5.76 Å². The predicted octanol–water partition coefficient (Wildman–Crippen LogP) is 3.30. The molecule has 0 bridgehead atoms. The molecule has 0 aliphatic carbocycles. The number of carbonyl (C=O) groups excluding carboxylic acids is 1. The molecule has 0 saturated carbocycles. The van der Waals surface area contributed by atoms with E-state index in [2.05, 4.69) is 10.5 Å². The standard InChI is InChI=1S/C20H16N4O8/c1-30-19-10-13(23(26)27)6-8-15(19)17-9-7-14(32-17)11-21-22-20(25)12-31-18-5-3-2-4-16(18)24(28)29/h2-11H,12H2,1H3,(H,22,25)/b21-11-. The van der Waals surface area contributed by atoms with Crippen LogP contribution in [0.25, 0.3) is 11.3 Å². The molecule has 0 atom stereocenters. The SMILES string of the molecule is COc1cc([N+](=O)[O-])ccc1-c1ccc(/C=N\NC(=O)COc2ccccc2[N+](=O)[O-])o1. The van der Waals surface area contributed by atoms with E-state index in [1.54, 1.807) is 18.2 Å². The number of nitro groups is 2. The molecule has 1 N–H and O–H groups in total. The highest BCUT2D eigenvalue weighted by Crippen LogP contribution is 2.34. The Morgan fingerprint density at radius 1 is 1.09 bits per heavy atom. The van der Waals surface area contributed by atoms with E-state index in [4.69, 9.17) is 13.9 Å². The molecule has 0 radical (unpaired) electrons. The molecular formula is C20H16N4O8. The van der Waals surface area contributed by atoms with Gasteiger partial charge in [0.2, 0.25) is 0 Å². The van der Waals surface area contributed by atoms with Crippen molar-refractivity contribution in [1.29, 1.82) is 0 Å². The minimum Gasteiger partial charge on any atom is -0.496 e. The molecule has 0 spiro atoms. The molecule has 3 aromatic rings. The Labute approximate surface area is 180 Å². The van der Waals surface area contributed by atoms with Gasteiger partial charge in [0.05, 0.1) is 34.8 Å². The Morgan fingerprint density at radius 3 is 2.59 bits per heavy atom. The zero-order valence-electron chi connectivity index (χ0n) is 16.6. The van der Waals surface area contributed by atoms with Gasteiger partial charge in [0.15, 0.2) is 12.4 Å². The molecule has 0 aliphatic heterocycles. The number of carbonyl (C=O) groups is 1. The summed E-state index contributed by atoms with van der Waals surface area (Å²) in [6.07, 6.45) is 1.24. The summed E-state index contributed by atoms with van der Waals surface area (Å²) in [5.74, 6) is 0.259. The summed E-state index contributed by atoms with van der Waals surface area (Å²) in [5, 5.41) is 25.6. The van der Waals surface area contributed by atoms with E-state index in [1.165, 1.54) is 49.7 Å². The Morgan fingerprint density at radius 2 is 1.88 bits per heavy atom. The van der Waals surface area contributed by atoms with E-state index in [-0.39, 0.29) is 22.9 Å². The summed E-state index contributed by atoms with van der Waals surface area (Å²) in [6, 6.07) is 13.0. The minimum atomic E-state index is -0.636. The fourth-order valence-corrected chi connectivity index (χ4v) is 2.64. The first-order valence-electron chi connectivity index (χ1n) is 9.00. The van der Waals surface area contributed by atoms with E-state index < -0.39 is 22.4 Å². The Balaban J connectivity index is 1.60. The maximum atomic E-state index is 11.9. The van der Waals surface area contributed by atoms with Crippen molar-refractivity contribution in [3.8, 4) is 22.8 Å². The Kier molecular flexibility index (Phi) is 6.75. The van der Waals surface area contributed by atoms with Gasteiger partial charge in [-0.25, -0.2) is 5.43 Å². The zero-order valence-corrected chi connectivity index (χ0v) is 16.6. The fraction of sp³-hybridized carbons (Fsp3) is 0.100. The van der Waals surface area contributed by atoms with Gasteiger partial charge in [0.25, 0.3) is 11.6 Å². The van der Waals surface area contributed by atoms with Crippen molar-refractivity contribution in [3.05, 3.63) is 80.6 Å². The second-order valence-corrected chi connectivity index (χ2v) is 6.15.